The van der Waals surface area contributed by atoms with Crippen molar-refractivity contribution in [1.29, 1.82) is 0 Å². The quantitative estimate of drug-likeness (QED) is 0.865. The fraction of sp³-hybridized carbons (Fsp3) is 0.444. The Morgan fingerprint density at radius 1 is 1.46 bits per heavy atom. The highest BCUT2D eigenvalue weighted by Gasteiger charge is 2.33. The van der Waals surface area contributed by atoms with E-state index in [9.17, 15) is 9.90 Å². The van der Waals surface area contributed by atoms with Gasteiger partial charge in [0.05, 0.1) is 18.9 Å². The number of piperidine rings is 1. The summed E-state index contributed by atoms with van der Waals surface area (Å²) in [4.78, 5) is 14.2. The largest absolute Gasteiger partial charge is 0.468 e. The number of aryl methyl sites for hydroxylation is 1. The zero-order chi connectivity index (χ0) is 17.1. The number of ether oxygens (including phenoxy) is 1. The fourth-order valence-corrected chi connectivity index (χ4v) is 3.26. The summed E-state index contributed by atoms with van der Waals surface area (Å²) in [5.41, 5.74) is 3.26. The second-order valence-corrected chi connectivity index (χ2v) is 6.27. The van der Waals surface area contributed by atoms with Crippen LogP contribution < -0.4 is 0 Å². The van der Waals surface area contributed by atoms with E-state index in [2.05, 4.69) is 22.1 Å². The Labute approximate surface area is 141 Å². The van der Waals surface area contributed by atoms with Crippen LogP contribution in [0.15, 0.2) is 36.7 Å². The van der Waals surface area contributed by atoms with Gasteiger partial charge in [0.1, 0.15) is 6.04 Å². The predicted octanol–water partition coefficient (Wildman–Crippen LogP) is 1.68. The third kappa shape index (κ3) is 3.49. The Hall–Kier alpha value is -2.18. The lowest BCUT2D eigenvalue weighted by Crippen LogP contribution is -2.48. The van der Waals surface area contributed by atoms with Crippen LogP contribution in [-0.2, 0) is 16.1 Å². The molecule has 0 unspecified atom stereocenters. The van der Waals surface area contributed by atoms with Gasteiger partial charge in [-0.2, -0.15) is 5.10 Å². The number of carbonyl (C=O) groups is 1. The summed E-state index contributed by atoms with van der Waals surface area (Å²) >= 11 is 0. The van der Waals surface area contributed by atoms with E-state index in [-0.39, 0.29) is 5.97 Å². The van der Waals surface area contributed by atoms with E-state index >= 15 is 0 Å². The Bertz CT molecular complexity index is 700. The lowest BCUT2D eigenvalue weighted by Gasteiger charge is -2.36. The zero-order valence-corrected chi connectivity index (χ0v) is 14.1. The number of hydrogen-bond donors (Lipinski definition) is 1. The summed E-state index contributed by atoms with van der Waals surface area (Å²) in [6.45, 7) is 3.32. The molecule has 0 radical (unpaired) electrons. The highest BCUT2D eigenvalue weighted by molar-refractivity contribution is 5.75. The molecule has 1 aliphatic heterocycles. The number of carbonyl (C=O) groups excluding carboxylic acids is 1. The molecule has 0 bridgehead atoms. The second-order valence-electron chi connectivity index (χ2n) is 6.27. The first-order valence-corrected chi connectivity index (χ1v) is 8.18. The maximum atomic E-state index is 12.1. The second kappa shape index (κ2) is 7.15. The van der Waals surface area contributed by atoms with Crippen molar-refractivity contribution in [2.45, 2.75) is 38.5 Å². The van der Waals surface area contributed by atoms with Crippen molar-refractivity contribution >= 4 is 5.97 Å². The van der Waals surface area contributed by atoms with Crippen LogP contribution >= 0.6 is 0 Å². The van der Waals surface area contributed by atoms with E-state index in [0.717, 1.165) is 16.8 Å². The molecule has 1 N–H and O–H groups in total. The molecule has 0 amide bonds. The average Bonchev–Trinajstić information content (AvgIpc) is 3.10. The molecule has 0 spiro atoms. The molecule has 1 fully saturated rings. The van der Waals surface area contributed by atoms with E-state index in [1.807, 2.05) is 29.9 Å². The molecule has 24 heavy (non-hydrogen) atoms. The summed E-state index contributed by atoms with van der Waals surface area (Å²) in [5, 5.41) is 14.2. The Morgan fingerprint density at radius 2 is 2.29 bits per heavy atom. The van der Waals surface area contributed by atoms with Crippen molar-refractivity contribution in [3.63, 3.8) is 0 Å². The number of benzene rings is 1. The van der Waals surface area contributed by atoms with Gasteiger partial charge in [-0.05, 0) is 37.5 Å². The molecule has 0 saturated carbocycles. The van der Waals surface area contributed by atoms with Crippen molar-refractivity contribution in [1.82, 2.24) is 14.7 Å². The molecular formula is C18H23N3O3. The minimum Gasteiger partial charge on any atom is -0.468 e. The van der Waals surface area contributed by atoms with Gasteiger partial charge in [-0.1, -0.05) is 17.7 Å². The van der Waals surface area contributed by atoms with Crippen molar-refractivity contribution in [3.8, 4) is 5.69 Å². The van der Waals surface area contributed by atoms with Crippen molar-refractivity contribution in [3.05, 3.63) is 47.8 Å². The van der Waals surface area contributed by atoms with Crippen LogP contribution in [0.5, 0.6) is 0 Å². The minimum absolute atomic E-state index is 0.290. The SMILES string of the molecule is COC(=O)[C@@H]1C[C@H](O)CCN1Cc1cc(C)ccc1-n1cccn1. The van der Waals surface area contributed by atoms with Gasteiger partial charge in [0.25, 0.3) is 0 Å². The first-order valence-electron chi connectivity index (χ1n) is 8.18. The van der Waals surface area contributed by atoms with E-state index < -0.39 is 12.1 Å². The molecule has 1 aliphatic rings. The van der Waals surface area contributed by atoms with E-state index in [1.165, 1.54) is 7.11 Å². The van der Waals surface area contributed by atoms with Gasteiger partial charge in [0, 0.05) is 25.5 Å². The molecule has 2 atom stereocenters. The minimum atomic E-state index is -0.451. The Morgan fingerprint density at radius 3 is 3.00 bits per heavy atom. The first-order chi connectivity index (χ1) is 11.6. The number of rotatable bonds is 4. The molecule has 0 aliphatic carbocycles. The van der Waals surface area contributed by atoms with Crippen LogP contribution in [0.2, 0.25) is 0 Å². The lowest BCUT2D eigenvalue weighted by molar-refractivity contribution is -0.150. The molecule has 3 rings (SSSR count). The molecule has 1 aromatic carbocycles. The molecule has 1 saturated heterocycles. The van der Waals surface area contributed by atoms with E-state index in [0.29, 0.717) is 25.9 Å². The lowest BCUT2D eigenvalue weighted by atomic mass is 9.98. The molecule has 6 nitrogen and oxygen atoms in total. The van der Waals surface area contributed by atoms with Gasteiger partial charge in [0.2, 0.25) is 0 Å². The zero-order valence-electron chi connectivity index (χ0n) is 14.1. The molecule has 2 aromatic rings. The van der Waals surface area contributed by atoms with Gasteiger partial charge in [0.15, 0.2) is 0 Å². The average molecular weight is 329 g/mol. The third-order valence-electron chi connectivity index (χ3n) is 4.52. The van der Waals surface area contributed by atoms with Gasteiger partial charge < -0.3 is 9.84 Å². The van der Waals surface area contributed by atoms with Crippen LogP contribution in [0, 0.1) is 6.92 Å². The molecule has 2 heterocycles. The van der Waals surface area contributed by atoms with Gasteiger partial charge in [-0.3, -0.25) is 9.69 Å². The number of aromatic nitrogens is 2. The summed E-state index contributed by atoms with van der Waals surface area (Å²) < 4.78 is 6.76. The van der Waals surface area contributed by atoms with Crippen LogP contribution in [0.1, 0.15) is 24.0 Å². The van der Waals surface area contributed by atoms with Crippen LogP contribution in [0.4, 0.5) is 0 Å². The van der Waals surface area contributed by atoms with E-state index in [1.54, 1.807) is 6.20 Å². The molecule has 1 aromatic heterocycles. The predicted molar refractivity (Wildman–Crippen MR) is 89.8 cm³/mol. The van der Waals surface area contributed by atoms with E-state index in [4.69, 9.17) is 4.74 Å². The maximum absolute atomic E-state index is 12.1. The number of hydrogen-bond acceptors (Lipinski definition) is 5. The third-order valence-corrected chi connectivity index (χ3v) is 4.52. The van der Waals surface area contributed by atoms with Crippen LogP contribution in [-0.4, -0.2) is 51.6 Å². The van der Waals surface area contributed by atoms with Gasteiger partial charge >= 0.3 is 5.97 Å². The highest BCUT2D eigenvalue weighted by Crippen LogP contribution is 2.24. The normalized spacial score (nSPS) is 21.6. The number of aliphatic hydroxyl groups excluding tert-OH is 1. The van der Waals surface area contributed by atoms with Crippen molar-refractivity contribution in [2.24, 2.45) is 0 Å². The monoisotopic (exact) mass is 329 g/mol. The number of likely N-dealkylation sites (tertiary alicyclic amines) is 1. The molecule has 6 heteroatoms. The molecule has 128 valence electrons. The summed E-state index contributed by atoms with van der Waals surface area (Å²) in [5.74, 6) is -0.290. The van der Waals surface area contributed by atoms with Crippen molar-refractivity contribution in [2.75, 3.05) is 13.7 Å². The fourth-order valence-electron chi connectivity index (χ4n) is 3.26. The number of aliphatic hydroxyl groups is 1. The Kier molecular flexibility index (Phi) is 4.97. The van der Waals surface area contributed by atoms with Crippen LogP contribution in [0.25, 0.3) is 5.69 Å². The number of esters is 1. The Balaban J connectivity index is 1.89. The van der Waals surface area contributed by atoms with Crippen LogP contribution in [0.3, 0.4) is 0 Å². The van der Waals surface area contributed by atoms with Gasteiger partial charge in [-0.25, -0.2) is 4.68 Å². The maximum Gasteiger partial charge on any atom is 0.323 e. The summed E-state index contributed by atoms with van der Waals surface area (Å²) in [7, 11) is 1.39. The summed E-state index contributed by atoms with van der Waals surface area (Å²) in [6, 6.07) is 7.70. The highest BCUT2D eigenvalue weighted by atomic mass is 16.5. The van der Waals surface area contributed by atoms with Gasteiger partial charge in [-0.15, -0.1) is 0 Å². The topological polar surface area (TPSA) is 67.6 Å². The summed E-state index contributed by atoms with van der Waals surface area (Å²) in [6.07, 6.45) is 4.28. The smallest absolute Gasteiger partial charge is 0.323 e. The van der Waals surface area contributed by atoms with Crippen molar-refractivity contribution < 1.29 is 14.6 Å². The first kappa shape index (κ1) is 16.7. The number of methoxy groups -OCH3 is 1. The molecular weight excluding hydrogens is 306 g/mol. The standard InChI is InChI=1S/C18H23N3O3/c1-13-4-5-16(21-8-3-7-19-21)14(10-13)12-20-9-6-15(22)11-17(20)18(23)24-2/h3-5,7-8,10,15,17,22H,6,9,11-12H2,1-2H3/t15-,17+/m1/s1. The number of nitrogens with zero attached hydrogens (tertiary/aromatic N) is 3.